The van der Waals surface area contributed by atoms with Gasteiger partial charge in [-0.15, -0.1) is 0 Å². The summed E-state index contributed by atoms with van der Waals surface area (Å²) >= 11 is 5.67. The third kappa shape index (κ3) is 3.35. The molecule has 3 aromatic rings. The first kappa shape index (κ1) is 18.5. The molecule has 1 aliphatic rings. The maximum atomic E-state index is 14.0. The highest BCUT2D eigenvalue weighted by molar-refractivity contribution is 6.30. The zero-order chi connectivity index (χ0) is 19.8. The minimum Gasteiger partial charge on any atom is -0.337 e. The second-order valence-corrected chi connectivity index (χ2v) is 6.77. The topological polar surface area (TPSA) is 59.2 Å². The van der Waals surface area contributed by atoms with Crippen molar-refractivity contribution < 1.29 is 22.5 Å². The molecule has 0 aliphatic carbocycles. The van der Waals surface area contributed by atoms with Crippen LogP contribution in [-0.4, -0.2) is 20.9 Å². The summed E-state index contributed by atoms with van der Waals surface area (Å²) in [7, 11) is 0. The second kappa shape index (κ2) is 7.27. The third-order valence-electron chi connectivity index (χ3n) is 4.62. The summed E-state index contributed by atoms with van der Waals surface area (Å²) in [6.07, 6.45) is 0.555. The number of aromatic nitrogens is 2. The average molecular weight is 408 g/mol. The van der Waals surface area contributed by atoms with Crippen LogP contribution in [0.25, 0.3) is 11.4 Å². The molecule has 5 nitrogen and oxygen atoms in total. The summed E-state index contributed by atoms with van der Waals surface area (Å²) in [5.41, 5.74) is 0.148. The second-order valence-electron chi connectivity index (χ2n) is 6.36. The van der Waals surface area contributed by atoms with Gasteiger partial charge in [0.05, 0.1) is 11.6 Å². The Hall–Kier alpha value is -2.87. The number of rotatable bonds is 4. The Labute approximate surface area is 162 Å². The van der Waals surface area contributed by atoms with Crippen LogP contribution in [-0.2, 0) is 11.3 Å². The van der Waals surface area contributed by atoms with Gasteiger partial charge in [0.15, 0.2) is 0 Å². The van der Waals surface area contributed by atoms with E-state index in [0.29, 0.717) is 12.0 Å². The van der Waals surface area contributed by atoms with Crippen molar-refractivity contribution in [3.05, 3.63) is 70.3 Å². The number of likely N-dealkylation sites (tertiary alicyclic amines) is 1. The predicted octanol–water partition coefficient (Wildman–Crippen LogP) is 4.67. The molecule has 1 unspecified atom stereocenters. The fraction of sp³-hybridized carbons (Fsp3) is 0.211. The zero-order valence-electron chi connectivity index (χ0n) is 14.3. The first-order valence-electron chi connectivity index (χ1n) is 8.45. The van der Waals surface area contributed by atoms with Crippen LogP contribution in [0.4, 0.5) is 13.2 Å². The van der Waals surface area contributed by atoms with Gasteiger partial charge in [-0.2, -0.15) is 4.98 Å². The lowest BCUT2D eigenvalue weighted by Crippen LogP contribution is -2.28. The van der Waals surface area contributed by atoms with E-state index in [4.69, 9.17) is 16.1 Å². The molecule has 0 N–H and O–H groups in total. The Morgan fingerprint density at radius 2 is 1.89 bits per heavy atom. The molecule has 144 valence electrons. The maximum absolute atomic E-state index is 14.0. The summed E-state index contributed by atoms with van der Waals surface area (Å²) in [4.78, 5) is 17.8. The molecule has 2 aromatic carbocycles. The van der Waals surface area contributed by atoms with Gasteiger partial charge in [0.25, 0.3) is 0 Å². The van der Waals surface area contributed by atoms with Gasteiger partial charge in [0.2, 0.25) is 17.6 Å². The molecule has 1 aromatic heterocycles. The van der Waals surface area contributed by atoms with Gasteiger partial charge in [-0.3, -0.25) is 4.79 Å². The van der Waals surface area contributed by atoms with Crippen LogP contribution < -0.4 is 0 Å². The fourth-order valence-electron chi connectivity index (χ4n) is 3.17. The van der Waals surface area contributed by atoms with E-state index in [9.17, 15) is 18.0 Å². The van der Waals surface area contributed by atoms with Gasteiger partial charge in [-0.1, -0.05) is 22.8 Å². The molecule has 1 aliphatic heterocycles. The van der Waals surface area contributed by atoms with Crippen LogP contribution in [0.3, 0.4) is 0 Å². The molecule has 1 fully saturated rings. The van der Waals surface area contributed by atoms with E-state index in [1.165, 1.54) is 29.2 Å². The number of amides is 1. The van der Waals surface area contributed by atoms with Crippen molar-refractivity contribution in [2.24, 2.45) is 0 Å². The predicted molar refractivity (Wildman–Crippen MR) is 93.6 cm³/mol. The van der Waals surface area contributed by atoms with Crippen molar-refractivity contribution in [2.75, 3.05) is 0 Å². The smallest absolute Gasteiger partial charge is 0.249 e. The number of hydrogen-bond donors (Lipinski definition) is 0. The Morgan fingerprint density at radius 1 is 1.14 bits per heavy atom. The molecule has 28 heavy (non-hydrogen) atoms. The van der Waals surface area contributed by atoms with Gasteiger partial charge in [-0.05, 0) is 36.8 Å². The number of halogens is 4. The monoisotopic (exact) mass is 407 g/mol. The first-order chi connectivity index (χ1) is 13.4. The molecule has 4 rings (SSSR count). The lowest BCUT2D eigenvalue weighted by atomic mass is 10.1. The minimum atomic E-state index is -0.735. The van der Waals surface area contributed by atoms with E-state index >= 15 is 0 Å². The fourth-order valence-corrected chi connectivity index (χ4v) is 3.28. The molecule has 1 saturated heterocycles. The Morgan fingerprint density at radius 3 is 2.61 bits per heavy atom. The quantitative estimate of drug-likeness (QED) is 0.630. The standard InChI is InChI=1S/C19H13ClF3N3O2/c20-12-5-4-10(8-15(12)23)18-24-19(28-25-18)16-6-7-17(27)26(16)9-11-13(21)2-1-3-14(11)22/h1-5,8,16H,6-7,9H2. The number of hydrogen-bond acceptors (Lipinski definition) is 4. The Kier molecular flexibility index (Phi) is 4.80. The van der Waals surface area contributed by atoms with Crippen molar-refractivity contribution in [2.45, 2.75) is 25.4 Å². The Bertz CT molecular complexity index is 1040. The average Bonchev–Trinajstić information content (AvgIpc) is 3.28. The zero-order valence-corrected chi connectivity index (χ0v) is 15.1. The van der Waals surface area contributed by atoms with E-state index in [0.717, 1.165) is 12.1 Å². The van der Waals surface area contributed by atoms with E-state index in [-0.39, 0.29) is 41.2 Å². The van der Waals surface area contributed by atoms with Gasteiger partial charge in [0.1, 0.15) is 23.5 Å². The molecule has 2 heterocycles. The van der Waals surface area contributed by atoms with Crippen LogP contribution in [0.1, 0.15) is 30.3 Å². The molecule has 1 atom stereocenters. The Balaban J connectivity index is 1.62. The molecule has 0 saturated carbocycles. The third-order valence-corrected chi connectivity index (χ3v) is 4.93. The molecule has 0 bridgehead atoms. The summed E-state index contributed by atoms with van der Waals surface area (Å²) < 4.78 is 46.9. The summed E-state index contributed by atoms with van der Waals surface area (Å²) in [5.74, 6) is -2.12. The number of nitrogens with zero attached hydrogens (tertiary/aromatic N) is 3. The SMILES string of the molecule is O=C1CCC(c2nc(-c3ccc(Cl)c(F)c3)no2)N1Cc1c(F)cccc1F. The molecule has 9 heteroatoms. The lowest BCUT2D eigenvalue weighted by molar-refractivity contribution is -0.130. The summed E-state index contributed by atoms with van der Waals surface area (Å²) in [6, 6.07) is 6.98. The maximum Gasteiger partial charge on any atom is 0.249 e. The van der Waals surface area contributed by atoms with Gasteiger partial charge in [0, 0.05) is 17.5 Å². The summed E-state index contributed by atoms with van der Waals surface area (Å²) in [6.45, 7) is -0.255. The highest BCUT2D eigenvalue weighted by atomic mass is 35.5. The van der Waals surface area contributed by atoms with Crippen molar-refractivity contribution >= 4 is 17.5 Å². The van der Waals surface area contributed by atoms with E-state index in [1.54, 1.807) is 0 Å². The van der Waals surface area contributed by atoms with E-state index < -0.39 is 23.5 Å². The lowest BCUT2D eigenvalue weighted by Gasteiger charge is -2.22. The minimum absolute atomic E-state index is 0.0352. The molecule has 0 radical (unpaired) electrons. The molecule has 0 spiro atoms. The number of benzene rings is 2. The first-order valence-corrected chi connectivity index (χ1v) is 8.83. The van der Waals surface area contributed by atoms with Crippen molar-refractivity contribution in [3.63, 3.8) is 0 Å². The van der Waals surface area contributed by atoms with E-state index in [2.05, 4.69) is 10.1 Å². The molecular weight excluding hydrogens is 395 g/mol. The van der Waals surface area contributed by atoms with Crippen molar-refractivity contribution in [1.82, 2.24) is 15.0 Å². The van der Waals surface area contributed by atoms with Crippen LogP contribution in [0.2, 0.25) is 5.02 Å². The van der Waals surface area contributed by atoms with Crippen LogP contribution in [0, 0.1) is 17.5 Å². The van der Waals surface area contributed by atoms with E-state index in [1.807, 2.05) is 0 Å². The molecule has 1 amide bonds. The van der Waals surface area contributed by atoms with Gasteiger partial charge < -0.3 is 9.42 Å². The van der Waals surface area contributed by atoms with Crippen LogP contribution in [0.5, 0.6) is 0 Å². The van der Waals surface area contributed by atoms with Gasteiger partial charge in [-0.25, -0.2) is 13.2 Å². The largest absolute Gasteiger partial charge is 0.337 e. The van der Waals surface area contributed by atoms with Crippen molar-refractivity contribution in [1.29, 1.82) is 0 Å². The van der Waals surface area contributed by atoms with Crippen LogP contribution in [0.15, 0.2) is 40.9 Å². The number of carbonyl (C=O) groups excluding carboxylic acids is 1. The van der Waals surface area contributed by atoms with Crippen LogP contribution >= 0.6 is 11.6 Å². The van der Waals surface area contributed by atoms with Crippen molar-refractivity contribution in [3.8, 4) is 11.4 Å². The van der Waals surface area contributed by atoms with Gasteiger partial charge >= 0.3 is 0 Å². The normalized spacial score (nSPS) is 16.8. The number of carbonyl (C=O) groups is 1. The summed E-state index contributed by atoms with van der Waals surface area (Å²) in [5, 5.41) is 3.79. The highest BCUT2D eigenvalue weighted by Gasteiger charge is 2.37. The molecular formula is C19H13ClF3N3O2. The highest BCUT2D eigenvalue weighted by Crippen LogP contribution is 2.35.